The van der Waals surface area contributed by atoms with E-state index in [2.05, 4.69) is 44.4 Å². The Morgan fingerprint density at radius 1 is 0.809 bits per heavy atom. The topological polar surface area (TPSA) is 321 Å². The lowest BCUT2D eigenvalue weighted by molar-refractivity contribution is -0.137. The SMILES string of the molecule is C=C1C[C@H]2C=Nc3cc(OCCCCCOc4cc5c(cc4OC)C(=O)N4CC(=C)C(O)[C@@H]4CN5C(=O)OCc4ccc(NC(=O)[C@H](CCCNC(N)=O)n5cc([C@@H](NC(=O)CCCCCN6C(=O)C=CC6=O)C(C)C)nn5)cc4)c(OC)cc3C(=O)N2C1. The molecule has 5 aliphatic heterocycles. The van der Waals surface area contributed by atoms with E-state index in [1.54, 1.807) is 59.8 Å². The molecule has 3 aromatic carbocycles. The van der Waals surface area contributed by atoms with E-state index in [-0.39, 0.29) is 111 Å². The quantitative estimate of drug-likeness (QED) is 0.0239. The number of carbonyl (C=O) groups is 8. The second-order valence-corrected chi connectivity index (χ2v) is 22.8. The normalized spacial score (nSPS) is 18.2. The third-order valence-electron chi connectivity index (χ3n) is 16.1. The monoisotopic (exact) mass is 1220 g/mol. The molecule has 0 bridgehead atoms. The summed E-state index contributed by atoms with van der Waals surface area (Å²) in [5.74, 6) is -0.623. The lowest BCUT2D eigenvalue weighted by Crippen LogP contribution is -2.46. The van der Waals surface area contributed by atoms with Gasteiger partial charge in [0.1, 0.15) is 18.3 Å². The van der Waals surface area contributed by atoms with E-state index in [1.165, 1.54) is 51.8 Å². The number of unbranched alkanes of at least 4 members (excludes halogenated alkanes) is 4. The first-order valence-electron chi connectivity index (χ1n) is 29.8. The molecule has 9 amide bonds. The summed E-state index contributed by atoms with van der Waals surface area (Å²) in [7, 11) is 2.97. The number of aliphatic imine (C=N–C) groups is 1. The highest BCUT2D eigenvalue weighted by Gasteiger charge is 2.45. The number of nitrogens with one attached hydrogen (secondary N) is 3. The summed E-state index contributed by atoms with van der Waals surface area (Å²) < 4.78 is 31.0. The smallest absolute Gasteiger partial charge is 0.414 e. The van der Waals surface area contributed by atoms with Crippen molar-refractivity contribution in [2.24, 2.45) is 16.6 Å². The lowest BCUT2D eigenvalue weighted by atomic mass is 10.0. The number of imide groups is 1. The predicted molar refractivity (Wildman–Crippen MR) is 326 cm³/mol. The largest absolute Gasteiger partial charge is 0.493 e. The summed E-state index contributed by atoms with van der Waals surface area (Å²) in [5.41, 5.74) is 9.37. The number of aliphatic hydroxyl groups excluding tert-OH is 1. The molecule has 1 unspecified atom stereocenters. The van der Waals surface area contributed by atoms with Gasteiger partial charge in [-0.2, -0.15) is 0 Å². The van der Waals surface area contributed by atoms with Crippen molar-refractivity contribution in [1.82, 2.24) is 40.3 Å². The minimum absolute atomic E-state index is 0.0762. The number of benzene rings is 3. The van der Waals surface area contributed by atoms with Gasteiger partial charge in [-0.15, -0.1) is 5.10 Å². The van der Waals surface area contributed by atoms with Crippen LogP contribution in [0.15, 0.2) is 96.2 Å². The Hall–Kier alpha value is -9.59. The Labute approximate surface area is 515 Å². The van der Waals surface area contributed by atoms with Crippen LogP contribution in [0.5, 0.6) is 23.0 Å². The number of hydrogen-bond acceptors (Lipinski definition) is 17. The zero-order valence-electron chi connectivity index (χ0n) is 50.4. The Morgan fingerprint density at radius 3 is 2.17 bits per heavy atom. The van der Waals surface area contributed by atoms with Crippen LogP contribution in [0, 0.1) is 5.92 Å². The number of methoxy groups -OCH3 is 2. The second-order valence-electron chi connectivity index (χ2n) is 22.8. The molecule has 6 heterocycles. The van der Waals surface area contributed by atoms with E-state index >= 15 is 0 Å². The fourth-order valence-corrected chi connectivity index (χ4v) is 11.3. The molecule has 1 aromatic heterocycles. The Morgan fingerprint density at radius 2 is 1.48 bits per heavy atom. The highest BCUT2D eigenvalue weighted by atomic mass is 16.6. The fraction of sp³-hybridized carbons (Fsp3) is 0.444. The van der Waals surface area contributed by atoms with Gasteiger partial charge < -0.3 is 60.3 Å². The number of nitrogens with zero attached hydrogens (tertiary/aromatic N) is 8. The molecule has 0 radical (unpaired) electrons. The van der Waals surface area contributed by atoms with E-state index < -0.39 is 48.2 Å². The number of ether oxygens (including phenoxy) is 5. The zero-order valence-corrected chi connectivity index (χ0v) is 50.4. The average Bonchev–Trinajstić information content (AvgIpc) is 1.86. The van der Waals surface area contributed by atoms with Gasteiger partial charge in [0.05, 0.1) is 86.9 Å². The summed E-state index contributed by atoms with van der Waals surface area (Å²) >= 11 is 0. The molecule has 0 saturated carbocycles. The molecule has 0 aliphatic carbocycles. The predicted octanol–water partition coefficient (Wildman–Crippen LogP) is 6.24. The Bertz CT molecular complexity index is 3420. The first kappa shape index (κ1) is 63.9. The maximum Gasteiger partial charge on any atom is 0.414 e. The van der Waals surface area contributed by atoms with Crippen LogP contribution >= 0.6 is 0 Å². The summed E-state index contributed by atoms with van der Waals surface area (Å²) in [5, 5.41) is 28.4. The first-order chi connectivity index (χ1) is 42.8. The molecule has 2 saturated heterocycles. The van der Waals surface area contributed by atoms with Gasteiger partial charge >= 0.3 is 12.1 Å². The van der Waals surface area contributed by atoms with E-state index in [9.17, 15) is 43.5 Å². The van der Waals surface area contributed by atoms with E-state index in [1.807, 2.05) is 13.8 Å². The van der Waals surface area contributed by atoms with Gasteiger partial charge in [-0.1, -0.05) is 56.3 Å². The minimum Gasteiger partial charge on any atom is -0.493 e. The van der Waals surface area contributed by atoms with Crippen LogP contribution < -0.4 is 45.5 Å². The highest BCUT2D eigenvalue weighted by molar-refractivity contribution is 6.13. The maximum atomic E-state index is 14.3. The van der Waals surface area contributed by atoms with Crippen LogP contribution in [-0.4, -0.2) is 167 Å². The number of carbonyl (C=O) groups excluding carboxylic acids is 8. The van der Waals surface area contributed by atoms with Crippen molar-refractivity contribution in [3.8, 4) is 23.0 Å². The molecular formula is C63H76N12O14. The number of primary amides is 1. The van der Waals surface area contributed by atoms with Crippen LogP contribution in [0.4, 0.5) is 26.7 Å². The molecular weight excluding hydrogens is 1150 g/mol. The van der Waals surface area contributed by atoms with Gasteiger partial charge in [-0.25, -0.2) is 14.3 Å². The van der Waals surface area contributed by atoms with Gasteiger partial charge in [-0.3, -0.25) is 43.6 Å². The minimum atomic E-state index is -1.12. The van der Waals surface area contributed by atoms with Crippen LogP contribution in [0.3, 0.4) is 0 Å². The molecule has 26 nitrogen and oxygen atoms in total. The number of nitrogens with two attached hydrogens (primary N) is 1. The summed E-state index contributed by atoms with van der Waals surface area (Å²) in [6, 6.07) is 9.94. The molecule has 5 aliphatic rings. The van der Waals surface area contributed by atoms with Gasteiger partial charge in [0, 0.05) is 68.8 Å². The van der Waals surface area contributed by atoms with Crippen LogP contribution in [-0.2, 0) is 30.5 Å². The number of fused-ring (bicyclic) bond motifs is 4. The zero-order chi connectivity index (χ0) is 63.5. The van der Waals surface area contributed by atoms with Gasteiger partial charge in [0.2, 0.25) is 11.8 Å². The Balaban J connectivity index is 0.805. The van der Waals surface area contributed by atoms with E-state index in [4.69, 9.17) is 29.4 Å². The summed E-state index contributed by atoms with van der Waals surface area (Å²) in [6.45, 7) is 13.1. The molecule has 472 valence electrons. The molecule has 5 atom stereocenters. The van der Waals surface area contributed by atoms with Crippen molar-refractivity contribution in [1.29, 1.82) is 0 Å². The highest BCUT2D eigenvalue weighted by Crippen LogP contribution is 2.42. The number of amides is 9. The molecule has 4 aromatic rings. The van der Waals surface area contributed by atoms with Crippen LogP contribution in [0.2, 0.25) is 0 Å². The van der Waals surface area contributed by atoms with E-state index in [0.717, 1.165) is 5.57 Å². The molecule has 0 spiro atoms. The molecule has 26 heteroatoms. The summed E-state index contributed by atoms with van der Waals surface area (Å²) in [6.07, 6.45) is 9.05. The third-order valence-corrected chi connectivity index (χ3v) is 16.1. The molecule has 9 rings (SSSR count). The van der Waals surface area contributed by atoms with Gasteiger partial charge in [0.15, 0.2) is 23.0 Å². The van der Waals surface area contributed by atoms with Crippen molar-refractivity contribution >= 4 is 70.8 Å². The number of hydrogen-bond donors (Lipinski definition) is 5. The fourth-order valence-electron chi connectivity index (χ4n) is 11.3. The van der Waals surface area contributed by atoms with Crippen molar-refractivity contribution in [3.63, 3.8) is 0 Å². The number of urea groups is 1. The van der Waals surface area contributed by atoms with Crippen molar-refractivity contribution in [2.75, 3.05) is 70.4 Å². The van der Waals surface area contributed by atoms with Crippen molar-refractivity contribution < 1.29 is 67.1 Å². The standard InChI is InChI=1S/C63H76N12O14/c1-37(2)57(68-54(76)15-9-7-10-23-71-55(77)20-21-56(71)78)46-34-75(70-69-46)47(14-13-22-65-62(64)83)59(80)67-41-18-16-40(17-19-41)36-89-63(84)74-35-49-58(79)39(4)33-73(49)61(82)44-28-51(86-6)53(30-48(44)74)88-25-12-8-11-24-87-52-29-45-43(27-50(52)85-5)60(81)72-32-38(3)26-42(72)31-66-45/h16-21,27-31,34,37,42,47,49,57-58,79H,3-4,7-15,22-26,32-33,35-36H2,1-2,5-6H3,(H,67,80)(H,68,76)(H3,64,65,83)/t42-,47-,49-,57-,58?/m0/s1. The first-order valence-corrected chi connectivity index (χ1v) is 29.8. The number of anilines is 2. The van der Waals surface area contributed by atoms with Crippen LogP contribution in [0.1, 0.15) is 122 Å². The Kier molecular flexibility index (Phi) is 20.8. The van der Waals surface area contributed by atoms with Gasteiger partial charge in [0.25, 0.3) is 23.6 Å². The summed E-state index contributed by atoms with van der Waals surface area (Å²) in [4.78, 5) is 115. The van der Waals surface area contributed by atoms with Gasteiger partial charge in [-0.05, 0) is 92.7 Å². The average molecular weight is 1230 g/mol. The van der Waals surface area contributed by atoms with E-state index in [0.29, 0.717) is 110 Å². The number of aromatic nitrogens is 3. The van der Waals surface area contributed by atoms with Crippen molar-refractivity contribution in [3.05, 3.63) is 114 Å². The number of aliphatic hydroxyl groups is 1. The molecule has 2 fully saturated rings. The molecule has 89 heavy (non-hydrogen) atoms. The van der Waals surface area contributed by atoms with Crippen LogP contribution in [0.25, 0.3) is 0 Å². The molecule has 6 N–H and O–H groups in total. The third kappa shape index (κ3) is 15.2. The maximum absolute atomic E-state index is 14.3. The van der Waals surface area contributed by atoms with Crippen molar-refractivity contribution in [2.45, 2.75) is 115 Å². The number of rotatable bonds is 28. The lowest BCUT2D eigenvalue weighted by Gasteiger charge is -2.27. The second kappa shape index (κ2) is 28.9.